The van der Waals surface area contributed by atoms with Crippen LogP contribution in [0.25, 0.3) is 0 Å². The molecular weight excluding hydrogens is 188 g/mol. The molecule has 0 amide bonds. The largest absolute Gasteiger partial charge is 0.330 e. The molecule has 0 bridgehead atoms. The van der Waals surface area contributed by atoms with Crippen molar-refractivity contribution in [2.24, 2.45) is 11.7 Å². The highest BCUT2D eigenvalue weighted by atomic mass is 15.2. The zero-order valence-electron chi connectivity index (χ0n) is 9.58. The first-order valence-corrected chi connectivity index (χ1v) is 5.63. The molecular formula is C11H20N4. The van der Waals surface area contributed by atoms with E-state index in [1.807, 2.05) is 0 Å². The quantitative estimate of drug-likeness (QED) is 0.772. The summed E-state index contributed by atoms with van der Waals surface area (Å²) in [5.41, 5.74) is 9.36. The average molecular weight is 208 g/mol. The van der Waals surface area contributed by atoms with E-state index in [2.05, 4.69) is 28.9 Å². The van der Waals surface area contributed by atoms with Crippen LogP contribution in [-0.2, 0) is 6.54 Å². The molecule has 0 aromatic carbocycles. The summed E-state index contributed by atoms with van der Waals surface area (Å²) in [6.07, 6.45) is 1.24. The lowest BCUT2D eigenvalue weighted by Gasteiger charge is -2.15. The van der Waals surface area contributed by atoms with Crippen LogP contribution in [0.15, 0.2) is 0 Å². The van der Waals surface area contributed by atoms with Gasteiger partial charge in [0.1, 0.15) is 0 Å². The van der Waals surface area contributed by atoms with Gasteiger partial charge in [-0.15, -0.1) is 0 Å². The molecule has 1 aromatic heterocycles. The maximum absolute atomic E-state index is 5.68. The number of H-pyrrole nitrogens is 1. The van der Waals surface area contributed by atoms with E-state index in [1.54, 1.807) is 0 Å². The second-order valence-corrected chi connectivity index (χ2v) is 4.54. The molecule has 3 N–H and O–H groups in total. The standard InChI is InChI=1S/C11H20N4/c1-8-11(9(2)14-13-8)7-15-4-3-10(5-12)6-15/h10H,3-7,12H2,1-2H3,(H,13,14). The summed E-state index contributed by atoms with van der Waals surface area (Å²) in [6, 6.07) is 0. The van der Waals surface area contributed by atoms with Crippen molar-refractivity contribution in [2.45, 2.75) is 26.8 Å². The van der Waals surface area contributed by atoms with Crippen LogP contribution in [0.1, 0.15) is 23.4 Å². The molecule has 0 radical (unpaired) electrons. The molecule has 4 nitrogen and oxygen atoms in total. The lowest BCUT2D eigenvalue weighted by atomic mass is 10.1. The number of hydrogen-bond donors (Lipinski definition) is 2. The predicted molar refractivity (Wildman–Crippen MR) is 60.5 cm³/mol. The molecule has 0 aliphatic carbocycles. The fourth-order valence-corrected chi connectivity index (χ4v) is 2.28. The maximum Gasteiger partial charge on any atom is 0.0639 e. The number of rotatable bonds is 3. The summed E-state index contributed by atoms with van der Waals surface area (Å²) in [7, 11) is 0. The zero-order chi connectivity index (χ0) is 10.8. The van der Waals surface area contributed by atoms with Gasteiger partial charge < -0.3 is 5.73 Å². The Morgan fingerprint density at radius 1 is 1.53 bits per heavy atom. The Kier molecular flexibility index (Phi) is 3.07. The highest BCUT2D eigenvalue weighted by Crippen LogP contribution is 2.19. The van der Waals surface area contributed by atoms with Gasteiger partial charge in [-0.2, -0.15) is 5.10 Å². The van der Waals surface area contributed by atoms with E-state index in [0.717, 1.165) is 25.3 Å². The Morgan fingerprint density at radius 3 is 2.87 bits per heavy atom. The lowest BCUT2D eigenvalue weighted by Crippen LogP contribution is -2.23. The molecule has 0 saturated carbocycles. The number of aryl methyl sites for hydroxylation is 2. The van der Waals surface area contributed by atoms with Gasteiger partial charge in [-0.1, -0.05) is 0 Å². The highest BCUT2D eigenvalue weighted by Gasteiger charge is 2.22. The van der Waals surface area contributed by atoms with Gasteiger partial charge in [-0.25, -0.2) is 0 Å². The van der Waals surface area contributed by atoms with Crippen molar-refractivity contribution in [3.05, 3.63) is 17.0 Å². The Balaban J connectivity index is 1.98. The van der Waals surface area contributed by atoms with Crippen LogP contribution in [0, 0.1) is 19.8 Å². The number of aromatic nitrogens is 2. The van der Waals surface area contributed by atoms with Crippen molar-refractivity contribution in [3.63, 3.8) is 0 Å². The van der Waals surface area contributed by atoms with Gasteiger partial charge in [0.05, 0.1) is 5.69 Å². The molecule has 1 saturated heterocycles. The molecule has 84 valence electrons. The number of nitrogens with one attached hydrogen (secondary N) is 1. The van der Waals surface area contributed by atoms with Crippen molar-refractivity contribution in [2.75, 3.05) is 19.6 Å². The van der Waals surface area contributed by atoms with Crippen LogP contribution >= 0.6 is 0 Å². The minimum absolute atomic E-state index is 0.692. The van der Waals surface area contributed by atoms with Gasteiger partial charge in [-0.05, 0) is 39.3 Å². The van der Waals surface area contributed by atoms with Crippen molar-refractivity contribution < 1.29 is 0 Å². The third-order valence-corrected chi connectivity index (χ3v) is 3.37. The summed E-state index contributed by atoms with van der Waals surface area (Å²) in [6.45, 7) is 8.30. The first kappa shape index (κ1) is 10.6. The minimum Gasteiger partial charge on any atom is -0.330 e. The molecule has 1 unspecified atom stereocenters. The smallest absolute Gasteiger partial charge is 0.0639 e. The molecule has 1 atom stereocenters. The van der Waals surface area contributed by atoms with Crippen LogP contribution < -0.4 is 5.73 Å². The van der Waals surface area contributed by atoms with Gasteiger partial charge in [0.25, 0.3) is 0 Å². The molecule has 15 heavy (non-hydrogen) atoms. The SMILES string of the molecule is Cc1n[nH]c(C)c1CN1CCC(CN)C1. The van der Waals surface area contributed by atoms with E-state index in [0.29, 0.717) is 5.92 Å². The summed E-state index contributed by atoms with van der Waals surface area (Å²) in [4.78, 5) is 2.47. The molecule has 4 heteroatoms. The van der Waals surface area contributed by atoms with Crippen molar-refractivity contribution >= 4 is 0 Å². The Morgan fingerprint density at radius 2 is 2.33 bits per heavy atom. The second kappa shape index (κ2) is 4.33. The maximum atomic E-state index is 5.68. The third kappa shape index (κ3) is 2.21. The molecule has 1 fully saturated rings. The van der Waals surface area contributed by atoms with E-state index in [4.69, 9.17) is 5.73 Å². The minimum atomic E-state index is 0.692. The first-order chi connectivity index (χ1) is 7.20. The van der Waals surface area contributed by atoms with Crippen molar-refractivity contribution in [1.82, 2.24) is 15.1 Å². The molecule has 2 rings (SSSR count). The van der Waals surface area contributed by atoms with Crippen LogP contribution in [-0.4, -0.2) is 34.7 Å². The van der Waals surface area contributed by atoms with Crippen LogP contribution in [0.2, 0.25) is 0 Å². The van der Waals surface area contributed by atoms with E-state index in [1.165, 1.54) is 24.2 Å². The fourth-order valence-electron chi connectivity index (χ4n) is 2.28. The highest BCUT2D eigenvalue weighted by molar-refractivity contribution is 5.23. The monoisotopic (exact) mass is 208 g/mol. The van der Waals surface area contributed by atoms with E-state index in [-0.39, 0.29) is 0 Å². The molecule has 1 aliphatic rings. The molecule has 2 heterocycles. The van der Waals surface area contributed by atoms with Gasteiger partial charge in [0.2, 0.25) is 0 Å². The summed E-state index contributed by atoms with van der Waals surface area (Å²) in [5.74, 6) is 0.692. The average Bonchev–Trinajstić information content (AvgIpc) is 2.80. The topological polar surface area (TPSA) is 57.9 Å². The van der Waals surface area contributed by atoms with Gasteiger partial charge >= 0.3 is 0 Å². The van der Waals surface area contributed by atoms with E-state index >= 15 is 0 Å². The fraction of sp³-hybridized carbons (Fsp3) is 0.727. The molecule has 1 aromatic rings. The molecule has 1 aliphatic heterocycles. The Labute approximate surface area is 90.8 Å². The second-order valence-electron chi connectivity index (χ2n) is 4.54. The number of nitrogens with two attached hydrogens (primary N) is 1. The van der Waals surface area contributed by atoms with Gasteiger partial charge in [0, 0.05) is 24.3 Å². The Bertz CT molecular complexity index is 312. The molecule has 0 spiro atoms. The van der Waals surface area contributed by atoms with Gasteiger partial charge in [0.15, 0.2) is 0 Å². The van der Waals surface area contributed by atoms with Gasteiger partial charge in [-0.3, -0.25) is 10.00 Å². The number of aromatic amines is 1. The summed E-state index contributed by atoms with van der Waals surface area (Å²) < 4.78 is 0. The van der Waals surface area contributed by atoms with Crippen LogP contribution in [0.5, 0.6) is 0 Å². The summed E-state index contributed by atoms with van der Waals surface area (Å²) in [5, 5.41) is 7.26. The normalized spacial score (nSPS) is 22.5. The first-order valence-electron chi connectivity index (χ1n) is 5.63. The number of nitrogens with zero attached hydrogens (tertiary/aromatic N) is 2. The Hall–Kier alpha value is -0.870. The zero-order valence-corrected chi connectivity index (χ0v) is 9.58. The van der Waals surface area contributed by atoms with Crippen LogP contribution in [0.4, 0.5) is 0 Å². The predicted octanol–water partition coefficient (Wildman–Crippen LogP) is 0.807. The number of hydrogen-bond acceptors (Lipinski definition) is 3. The third-order valence-electron chi connectivity index (χ3n) is 3.37. The summed E-state index contributed by atoms with van der Waals surface area (Å²) >= 11 is 0. The van der Waals surface area contributed by atoms with Crippen molar-refractivity contribution in [3.8, 4) is 0 Å². The van der Waals surface area contributed by atoms with E-state index < -0.39 is 0 Å². The number of likely N-dealkylation sites (tertiary alicyclic amines) is 1. The van der Waals surface area contributed by atoms with Crippen molar-refractivity contribution in [1.29, 1.82) is 0 Å². The lowest BCUT2D eigenvalue weighted by molar-refractivity contribution is 0.316. The van der Waals surface area contributed by atoms with Crippen LogP contribution in [0.3, 0.4) is 0 Å². The van der Waals surface area contributed by atoms with E-state index in [9.17, 15) is 0 Å².